The molecule has 0 spiro atoms. The summed E-state index contributed by atoms with van der Waals surface area (Å²) in [7, 11) is 0. The van der Waals surface area contributed by atoms with E-state index in [2.05, 4.69) is 4.98 Å². The Hall–Kier alpha value is -1.42. The second-order valence-electron chi connectivity index (χ2n) is 1.58. The van der Waals surface area contributed by atoms with Crippen molar-refractivity contribution >= 4 is 6.47 Å². The molecule has 0 amide bonds. The lowest BCUT2D eigenvalue weighted by atomic mass is 10.4. The van der Waals surface area contributed by atoms with E-state index in [-0.39, 0.29) is 13.1 Å². The number of pyridine rings is 1. The van der Waals surface area contributed by atoms with Crippen LogP contribution in [0.1, 0.15) is 5.69 Å². The third-order valence-electron chi connectivity index (χ3n) is 0.888. The number of carbonyl (C=O) groups is 1. The minimum absolute atomic E-state index is 0.0286. The lowest BCUT2D eigenvalue weighted by Gasteiger charge is -1.88. The maximum Gasteiger partial charge on any atom is 0.290 e. The van der Waals surface area contributed by atoms with Gasteiger partial charge in [0.25, 0.3) is 6.47 Å². The van der Waals surface area contributed by atoms with E-state index in [0.717, 1.165) is 0 Å². The van der Waals surface area contributed by atoms with Crippen molar-refractivity contribution in [2.75, 3.05) is 0 Å². The summed E-state index contributed by atoms with van der Waals surface area (Å²) in [4.78, 5) is 12.2. The topological polar surface area (TPSA) is 70.4 Å². The molecule has 0 bridgehead atoms. The summed E-state index contributed by atoms with van der Waals surface area (Å²) in [5.74, 6) is 0. The zero-order valence-electron chi connectivity index (χ0n) is 5.84. The standard InChI is InChI=1S/C6H7NO.CH2O2/c8-5-6-3-1-2-4-7-6;2-1-3/h1-4,8H,5H2;1H,(H,2,3). The van der Waals surface area contributed by atoms with Crippen molar-refractivity contribution in [2.45, 2.75) is 6.61 Å². The summed E-state index contributed by atoms with van der Waals surface area (Å²) in [5, 5.41) is 15.4. The second kappa shape index (κ2) is 6.70. The zero-order chi connectivity index (χ0) is 8.53. The van der Waals surface area contributed by atoms with Gasteiger partial charge in [0, 0.05) is 6.20 Å². The zero-order valence-corrected chi connectivity index (χ0v) is 5.84. The van der Waals surface area contributed by atoms with Crippen LogP contribution in [0.15, 0.2) is 24.4 Å². The van der Waals surface area contributed by atoms with Gasteiger partial charge >= 0.3 is 0 Å². The fraction of sp³-hybridized carbons (Fsp3) is 0.143. The summed E-state index contributed by atoms with van der Waals surface area (Å²) < 4.78 is 0. The maximum atomic E-state index is 8.48. The summed E-state index contributed by atoms with van der Waals surface area (Å²) in [6, 6.07) is 5.44. The highest BCUT2D eigenvalue weighted by molar-refractivity contribution is 5.32. The van der Waals surface area contributed by atoms with Crippen LogP contribution in [0.25, 0.3) is 0 Å². The highest BCUT2D eigenvalue weighted by Crippen LogP contribution is 1.89. The Kier molecular flexibility index (Phi) is 5.83. The monoisotopic (exact) mass is 155 g/mol. The first kappa shape index (κ1) is 9.58. The Morgan fingerprint density at radius 3 is 2.45 bits per heavy atom. The molecule has 4 nitrogen and oxygen atoms in total. The van der Waals surface area contributed by atoms with Crippen molar-refractivity contribution in [3.63, 3.8) is 0 Å². The molecule has 1 rings (SSSR count). The third-order valence-corrected chi connectivity index (χ3v) is 0.888. The number of hydrogen-bond donors (Lipinski definition) is 2. The molecule has 1 heterocycles. The summed E-state index contributed by atoms with van der Waals surface area (Å²) >= 11 is 0. The van der Waals surface area contributed by atoms with Gasteiger partial charge in [0.2, 0.25) is 0 Å². The van der Waals surface area contributed by atoms with Gasteiger partial charge in [0.1, 0.15) is 0 Å². The van der Waals surface area contributed by atoms with Gasteiger partial charge in [0.05, 0.1) is 12.3 Å². The largest absolute Gasteiger partial charge is 0.483 e. The first-order valence-electron chi connectivity index (χ1n) is 2.93. The van der Waals surface area contributed by atoms with Crippen molar-refractivity contribution in [1.82, 2.24) is 4.98 Å². The smallest absolute Gasteiger partial charge is 0.290 e. The number of aromatic nitrogens is 1. The Balaban J connectivity index is 0.000000292. The van der Waals surface area contributed by atoms with Crippen molar-refractivity contribution in [1.29, 1.82) is 0 Å². The van der Waals surface area contributed by atoms with Crippen LogP contribution in [0.5, 0.6) is 0 Å². The fourth-order valence-corrected chi connectivity index (χ4v) is 0.492. The lowest BCUT2D eigenvalue weighted by molar-refractivity contribution is -0.122. The minimum atomic E-state index is -0.250. The van der Waals surface area contributed by atoms with Gasteiger partial charge in [-0.1, -0.05) is 6.07 Å². The van der Waals surface area contributed by atoms with Gasteiger partial charge in [-0.2, -0.15) is 0 Å². The number of carboxylic acid groups (broad SMARTS) is 1. The molecule has 0 atom stereocenters. The van der Waals surface area contributed by atoms with Gasteiger partial charge in [-0.3, -0.25) is 9.78 Å². The molecule has 0 aliphatic carbocycles. The fourth-order valence-electron chi connectivity index (χ4n) is 0.492. The molecule has 0 aromatic carbocycles. The van der Waals surface area contributed by atoms with Crippen LogP contribution in [-0.2, 0) is 11.4 Å². The van der Waals surface area contributed by atoms with Crippen LogP contribution in [0.3, 0.4) is 0 Å². The van der Waals surface area contributed by atoms with E-state index in [4.69, 9.17) is 15.0 Å². The second-order valence-corrected chi connectivity index (χ2v) is 1.58. The lowest BCUT2D eigenvalue weighted by Crippen LogP contribution is -1.84. The van der Waals surface area contributed by atoms with E-state index < -0.39 is 0 Å². The van der Waals surface area contributed by atoms with E-state index >= 15 is 0 Å². The van der Waals surface area contributed by atoms with E-state index in [1.807, 2.05) is 12.1 Å². The minimum Gasteiger partial charge on any atom is -0.483 e. The van der Waals surface area contributed by atoms with E-state index in [1.165, 1.54) is 0 Å². The molecule has 0 unspecified atom stereocenters. The highest BCUT2D eigenvalue weighted by Gasteiger charge is 1.82. The molecule has 0 aliphatic rings. The van der Waals surface area contributed by atoms with Gasteiger partial charge in [0.15, 0.2) is 0 Å². The number of rotatable bonds is 1. The molecule has 0 radical (unpaired) electrons. The van der Waals surface area contributed by atoms with Crippen molar-refractivity contribution in [3.8, 4) is 0 Å². The average Bonchev–Trinajstić information content (AvgIpc) is 2.08. The van der Waals surface area contributed by atoms with E-state index in [9.17, 15) is 0 Å². The molecule has 11 heavy (non-hydrogen) atoms. The molecule has 2 N–H and O–H groups in total. The van der Waals surface area contributed by atoms with Crippen LogP contribution < -0.4 is 0 Å². The predicted molar refractivity (Wildman–Crippen MR) is 38.9 cm³/mol. The summed E-state index contributed by atoms with van der Waals surface area (Å²) in [5.41, 5.74) is 0.715. The number of aliphatic hydroxyl groups is 1. The molecular weight excluding hydrogens is 146 g/mol. The number of nitrogens with zero attached hydrogens (tertiary/aromatic N) is 1. The van der Waals surface area contributed by atoms with E-state index in [0.29, 0.717) is 5.69 Å². The third kappa shape index (κ3) is 5.05. The van der Waals surface area contributed by atoms with Gasteiger partial charge in [-0.25, -0.2) is 0 Å². The Morgan fingerprint density at radius 2 is 2.18 bits per heavy atom. The Morgan fingerprint density at radius 1 is 1.55 bits per heavy atom. The van der Waals surface area contributed by atoms with Crippen LogP contribution in [0.2, 0.25) is 0 Å². The van der Waals surface area contributed by atoms with Gasteiger partial charge in [-0.15, -0.1) is 0 Å². The van der Waals surface area contributed by atoms with E-state index in [1.54, 1.807) is 12.3 Å². The van der Waals surface area contributed by atoms with Crippen LogP contribution in [-0.4, -0.2) is 21.7 Å². The predicted octanol–water partition coefficient (Wildman–Crippen LogP) is 0.275. The van der Waals surface area contributed by atoms with Crippen molar-refractivity contribution < 1.29 is 15.0 Å². The first-order chi connectivity index (χ1) is 5.35. The molecule has 0 fully saturated rings. The average molecular weight is 155 g/mol. The normalized spacial score (nSPS) is 7.73. The Labute approximate surface area is 64.1 Å². The molecule has 1 aromatic heterocycles. The number of aliphatic hydroxyl groups excluding tert-OH is 1. The number of hydrogen-bond acceptors (Lipinski definition) is 3. The van der Waals surface area contributed by atoms with Gasteiger partial charge < -0.3 is 10.2 Å². The van der Waals surface area contributed by atoms with Crippen LogP contribution in [0.4, 0.5) is 0 Å². The molecule has 60 valence electrons. The first-order valence-corrected chi connectivity index (χ1v) is 2.93. The molecule has 1 aromatic rings. The maximum absolute atomic E-state index is 8.48. The van der Waals surface area contributed by atoms with Gasteiger partial charge in [-0.05, 0) is 12.1 Å². The van der Waals surface area contributed by atoms with Crippen molar-refractivity contribution in [2.24, 2.45) is 0 Å². The van der Waals surface area contributed by atoms with Crippen LogP contribution in [0, 0.1) is 0 Å². The summed E-state index contributed by atoms with van der Waals surface area (Å²) in [6.45, 7) is -0.221. The summed E-state index contributed by atoms with van der Waals surface area (Å²) in [6.07, 6.45) is 1.66. The SMILES string of the molecule is O=CO.OCc1ccccn1. The molecule has 0 saturated heterocycles. The van der Waals surface area contributed by atoms with Crippen molar-refractivity contribution in [3.05, 3.63) is 30.1 Å². The molecule has 0 aliphatic heterocycles. The molecule has 4 heteroatoms. The molecule has 0 saturated carbocycles. The Bertz CT molecular complexity index is 188. The quantitative estimate of drug-likeness (QED) is 0.571. The highest BCUT2D eigenvalue weighted by atomic mass is 16.3. The molecular formula is C7H9NO3. The van der Waals surface area contributed by atoms with Crippen LogP contribution >= 0.6 is 0 Å².